The summed E-state index contributed by atoms with van der Waals surface area (Å²) in [5, 5.41) is 3.92. The lowest BCUT2D eigenvalue weighted by Crippen LogP contribution is -2.53. The predicted octanol–water partition coefficient (Wildman–Crippen LogP) is 0.909. The lowest BCUT2D eigenvalue weighted by molar-refractivity contribution is -0.139. The zero-order valence-corrected chi connectivity index (χ0v) is 17.3. The van der Waals surface area contributed by atoms with Crippen LogP contribution in [0, 0.1) is 0 Å². The smallest absolute Gasteiger partial charge is 0.253 e. The van der Waals surface area contributed by atoms with Crippen molar-refractivity contribution in [3.05, 3.63) is 36.0 Å². The third-order valence-electron chi connectivity index (χ3n) is 5.48. The lowest BCUT2D eigenvalue weighted by atomic mass is 10.1. The van der Waals surface area contributed by atoms with Crippen molar-refractivity contribution in [1.82, 2.24) is 25.0 Å². The molecule has 156 valence electrons. The van der Waals surface area contributed by atoms with Crippen molar-refractivity contribution in [2.24, 2.45) is 0 Å². The molecule has 1 aliphatic rings. The number of hydrogen-bond donors (Lipinski definition) is 2. The molecule has 2 N–H and O–H groups in total. The van der Waals surface area contributed by atoms with Crippen molar-refractivity contribution in [2.45, 2.75) is 19.9 Å². The summed E-state index contributed by atoms with van der Waals surface area (Å²) < 4.78 is 0. The highest BCUT2D eigenvalue weighted by Crippen LogP contribution is 2.16. The van der Waals surface area contributed by atoms with Crippen molar-refractivity contribution >= 4 is 28.6 Å². The topological polar surface area (TPSA) is 88.8 Å². The fraction of sp³-hybridized carbons (Fsp3) is 0.476. The molecule has 0 aliphatic carbocycles. The van der Waals surface area contributed by atoms with Gasteiger partial charge in [-0.2, -0.15) is 0 Å². The highest BCUT2D eigenvalue weighted by Gasteiger charge is 2.26. The molecule has 1 saturated heterocycles. The second-order valence-electron chi connectivity index (χ2n) is 7.51. The molecule has 0 unspecified atom stereocenters. The summed E-state index contributed by atoms with van der Waals surface area (Å²) in [4.78, 5) is 45.7. The van der Waals surface area contributed by atoms with E-state index in [0.29, 0.717) is 31.7 Å². The van der Waals surface area contributed by atoms with Crippen LogP contribution in [0.3, 0.4) is 0 Å². The minimum Gasteiger partial charge on any atom is -0.361 e. The van der Waals surface area contributed by atoms with Gasteiger partial charge in [0, 0.05) is 50.9 Å². The van der Waals surface area contributed by atoms with Crippen LogP contribution in [0.25, 0.3) is 10.9 Å². The summed E-state index contributed by atoms with van der Waals surface area (Å²) >= 11 is 0. The molecule has 1 aromatic carbocycles. The number of nitrogens with one attached hydrogen (secondary N) is 2. The average molecular weight is 399 g/mol. The highest BCUT2D eigenvalue weighted by atomic mass is 16.2. The third-order valence-corrected chi connectivity index (χ3v) is 5.48. The summed E-state index contributed by atoms with van der Waals surface area (Å²) in [7, 11) is 1.78. The standard InChI is InChI=1S/C21H29N5O3/c1-4-26(19(28)14-25-11-10-24(3)18(27)13-25)15(2)12-23-21(29)17-7-5-6-16-8-9-22-20(16)17/h5-9,15,22H,4,10-14H2,1-3H3,(H,23,29)/t15-/m1/s1. The average Bonchev–Trinajstić information content (AvgIpc) is 3.18. The first kappa shape index (κ1) is 20.9. The molecule has 2 aromatic rings. The van der Waals surface area contributed by atoms with Gasteiger partial charge in [-0.3, -0.25) is 19.3 Å². The molecule has 0 bridgehead atoms. The number of fused-ring (bicyclic) bond motifs is 1. The molecular formula is C21H29N5O3. The van der Waals surface area contributed by atoms with Crippen molar-refractivity contribution in [3.63, 3.8) is 0 Å². The van der Waals surface area contributed by atoms with Gasteiger partial charge in [-0.25, -0.2) is 0 Å². The van der Waals surface area contributed by atoms with Gasteiger partial charge in [0.25, 0.3) is 5.91 Å². The molecule has 1 aromatic heterocycles. The molecule has 0 radical (unpaired) electrons. The van der Waals surface area contributed by atoms with Crippen molar-refractivity contribution < 1.29 is 14.4 Å². The van der Waals surface area contributed by atoms with E-state index < -0.39 is 0 Å². The van der Waals surface area contributed by atoms with E-state index in [0.717, 1.165) is 10.9 Å². The number of likely N-dealkylation sites (N-methyl/N-ethyl adjacent to an activating group) is 2. The Labute approximate surface area is 170 Å². The molecule has 8 heteroatoms. The molecule has 3 amide bonds. The van der Waals surface area contributed by atoms with Crippen LogP contribution < -0.4 is 5.32 Å². The van der Waals surface area contributed by atoms with Gasteiger partial charge in [0.15, 0.2) is 0 Å². The Morgan fingerprint density at radius 1 is 1.28 bits per heavy atom. The van der Waals surface area contributed by atoms with Gasteiger partial charge in [0.1, 0.15) is 0 Å². The van der Waals surface area contributed by atoms with Gasteiger partial charge < -0.3 is 20.1 Å². The van der Waals surface area contributed by atoms with Crippen LogP contribution >= 0.6 is 0 Å². The molecule has 0 spiro atoms. The number of aromatic nitrogens is 1. The first-order chi connectivity index (χ1) is 13.9. The maximum atomic E-state index is 12.8. The maximum absolute atomic E-state index is 12.8. The third kappa shape index (κ3) is 4.76. The fourth-order valence-corrected chi connectivity index (χ4v) is 3.68. The van der Waals surface area contributed by atoms with Crippen LogP contribution in [0.5, 0.6) is 0 Å². The second kappa shape index (κ2) is 9.09. The van der Waals surface area contributed by atoms with E-state index in [-0.39, 0.29) is 36.9 Å². The van der Waals surface area contributed by atoms with Crippen LogP contribution in [-0.2, 0) is 9.59 Å². The number of piperazine rings is 1. The largest absolute Gasteiger partial charge is 0.361 e. The lowest BCUT2D eigenvalue weighted by Gasteiger charge is -2.34. The molecule has 1 fully saturated rings. The SMILES string of the molecule is CCN(C(=O)CN1CCN(C)C(=O)C1)[C@H](C)CNC(=O)c1cccc2cc[nH]c12. The van der Waals surface area contributed by atoms with E-state index in [9.17, 15) is 14.4 Å². The van der Waals surface area contributed by atoms with E-state index in [1.165, 1.54) is 0 Å². The summed E-state index contributed by atoms with van der Waals surface area (Å²) in [6.07, 6.45) is 1.81. The molecule has 0 saturated carbocycles. The molecule has 3 rings (SSSR count). The van der Waals surface area contributed by atoms with Crippen LogP contribution in [0.15, 0.2) is 30.5 Å². The van der Waals surface area contributed by atoms with E-state index in [1.807, 2.05) is 43.1 Å². The Balaban J connectivity index is 1.56. The molecule has 8 nitrogen and oxygen atoms in total. The molecule has 1 aliphatic heterocycles. The Morgan fingerprint density at radius 3 is 2.79 bits per heavy atom. The maximum Gasteiger partial charge on any atom is 0.253 e. The van der Waals surface area contributed by atoms with E-state index in [1.54, 1.807) is 22.9 Å². The number of amides is 3. The van der Waals surface area contributed by atoms with Gasteiger partial charge in [-0.05, 0) is 26.0 Å². The van der Waals surface area contributed by atoms with E-state index in [4.69, 9.17) is 0 Å². The minimum atomic E-state index is -0.168. The Bertz CT molecular complexity index is 893. The monoisotopic (exact) mass is 399 g/mol. The Kier molecular flexibility index (Phi) is 6.53. The minimum absolute atomic E-state index is 0.0296. The summed E-state index contributed by atoms with van der Waals surface area (Å²) in [5.41, 5.74) is 1.39. The van der Waals surface area contributed by atoms with Crippen LogP contribution in [0.4, 0.5) is 0 Å². The Morgan fingerprint density at radius 2 is 2.07 bits per heavy atom. The number of para-hydroxylation sites is 1. The predicted molar refractivity (Wildman–Crippen MR) is 112 cm³/mol. The van der Waals surface area contributed by atoms with Crippen molar-refractivity contribution in [2.75, 3.05) is 46.3 Å². The number of H-pyrrole nitrogens is 1. The fourth-order valence-electron chi connectivity index (χ4n) is 3.68. The van der Waals surface area contributed by atoms with Crippen LogP contribution in [0.1, 0.15) is 24.2 Å². The van der Waals surface area contributed by atoms with Crippen LogP contribution in [0.2, 0.25) is 0 Å². The first-order valence-electron chi connectivity index (χ1n) is 10.0. The van der Waals surface area contributed by atoms with Gasteiger partial charge in [-0.15, -0.1) is 0 Å². The van der Waals surface area contributed by atoms with Gasteiger partial charge in [0.2, 0.25) is 11.8 Å². The Hall–Kier alpha value is -2.87. The number of carbonyl (C=O) groups is 3. The van der Waals surface area contributed by atoms with E-state index in [2.05, 4.69) is 10.3 Å². The molecular weight excluding hydrogens is 370 g/mol. The summed E-state index contributed by atoms with van der Waals surface area (Å²) in [6, 6.07) is 7.36. The van der Waals surface area contributed by atoms with E-state index >= 15 is 0 Å². The number of hydrogen-bond acceptors (Lipinski definition) is 4. The first-order valence-corrected chi connectivity index (χ1v) is 10.0. The molecule has 29 heavy (non-hydrogen) atoms. The van der Waals surface area contributed by atoms with Gasteiger partial charge in [-0.1, -0.05) is 12.1 Å². The zero-order valence-electron chi connectivity index (χ0n) is 17.3. The van der Waals surface area contributed by atoms with Crippen molar-refractivity contribution in [1.29, 1.82) is 0 Å². The number of nitrogens with zero attached hydrogens (tertiary/aromatic N) is 3. The number of rotatable bonds is 7. The van der Waals surface area contributed by atoms with Crippen molar-refractivity contribution in [3.8, 4) is 0 Å². The number of aromatic amines is 1. The number of benzene rings is 1. The summed E-state index contributed by atoms with van der Waals surface area (Å²) in [5.74, 6) is -0.165. The molecule has 1 atom stereocenters. The quantitative estimate of drug-likeness (QED) is 0.724. The highest BCUT2D eigenvalue weighted by molar-refractivity contribution is 6.05. The normalized spacial score (nSPS) is 16.1. The zero-order chi connectivity index (χ0) is 21.0. The van der Waals surface area contributed by atoms with Gasteiger partial charge in [0.05, 0.1) is 24.2 Å². The van der Waals surface area contributed by atoms with Gasteiger partial charge >= 0.3 is 0 Å². The van der Waals surface area contributed by atoms with Crippen LogP contribution in [-0.4, -0.2) is 89.8 Å². The molecule has 2 heterocycles. The summed E-state index contributed by atoms with van der Waals surface area (Å²) in [6.45, 7) is 6.56. The second-order valence-corrected chi connectivity index (χ2v) is 7.51. The number of carbonyl (C=O) groups excluding carboxylic acids is 3.